The van der Waals surface area contributed by atoms with Gasteiger partial charge in [-0.05, 0) is 12.5 Å². The lowest BCUT2D eigenvalue weighted by Crippen LogP contribution is -2.21. The molecular weight excluding hydrogens is 184 g/mol. The van der Waals surface area contributed by atoms with Crippen molar-refractivity contribution in [3.8, 4) is 0 Å². The molecule has 1 unspecified atom stereocenters. The van der Waals surface area contributed by atoms with Crippen LogP contribution in [0, 0.1) is 6.92 Å². The number of hydrazone groups is 1. The Morgan fingerprint density at radius 1 is 1.46 bits per heavy atom. The second kappa shape index (κ2) is 3.04. The Kier molecular flexibility index (Phi) is 2.00. The lowest BCUT2D eigenvalue weighted by atomic mass is 10.0. The third-order valence-electron chi connectivity index (χ3n) is 2.30. The van der Waals surface area contributed by atoms with Crippen LogP contribution in [0.15, 0.2) is 23.3 Å². The van der Waals surface area contributed by atoms with Crippen LogP contribution < -0.4 is 0 Å². The third kappa shape index (κ3) is 1.31. The van der Waals surface area contributed by atoms with E-state index >= 15 is 0 Å². The molecule has 0 N–H and O–H groups in total. The molecule has 0 aliphatic carbocycles. The Bertz CT molecular complexity index is 360. The Hall–Kier alpha value is -1.02. The van der Waals surface area contributed by atoms with Crippen molar-refractivity contribution in [2.75, 3.05) is 7.05 Å². The molecule has 13 heavy (non-hydrogen) atoms. The fraction of sp³-hybridized carbons (Fsp3) is 0.300. The fourth-order valence-electron chi connectivity index (χ4n) is 1.54. The van der Waals surface area contributed by atoms with Gasteiger partial charge in [-0.1, -0.05) is 29.8 Å². The van der Waals surface area contributed by atoms with E-state index in [0.717, 1.165) is 5.56 Å². The first kappa shape index (κ1) is 8.57. The van der Waals surface area contributed by atoms with Crippen LogP contribution in [0.3, 0.4) is 0 Å². The van der Waals surface area contributed by atoms with Gasteiger partial charge in [-0.25, -0.2) is 0 Å². The molecule has 0 saturated carbocycles. The molecule has 0 bridgehead atoms. The molecule has 1 atom stereocenters. The van der Waals surface area contributed by atoms with E-state index in [9.17, 15) is 0 Å². The largest absolute Gasteiger partial charge is 0.278 e. The highest BCUT2D eigenvalue weighted by Crippen LogP contribution is 2.31. The maximum absolute atomic E-state index is 6.22. The summed E-state index contributed by atoms with van der Waals surface area (Å²) in [7, 11) is 1.88. The molecule has 1 aliphatic rings. The highest BCUT2D eigenvalue weighted by atomic mass is 35.5. The predicted octanol–water partition coefficient (Wildman–Crippen LogP) is 2.51. The second-order valence-electron chi connectivity index (χ2n) is 3.23. The predicted molar refractivity (Wildman–Crippen MR) is 55.1 cm³/mol. The van der Waals surface area contributed by atoms with Crippen LogP contribution in [0.1, 0.15) is 22.2 Å². The van der Waals surface area contributed by atoms with Gasteiger partial charge in [0.25, 0.3) is 0 Å². The second-order valence-corrected chi connectivity index (χ2v) is 3.65. The molecule has 68 valence electrons. The van der Waals surface area contributed by atoms with Crippen molar-refractivity contribution in [3.63, 3.8) is 0 Å². The van der Waals surface area contributed by atoms with E-state index in [4.69, 9.17) is 11.6 Å². The van der Waals surface area contributed by atoms with Crippen molar-refractivity contribution >= 4 is 17.8 Å². The van der Waals surface area contributed by atoms with E-state index in [2.05, 4.69) is 18.1 Å². The van der Waals surface area contributed by atoms with E-state index in [1.165, 1.54) is 11.1 Å². The fourth-order valence-corrected chi connectivity index (χ4v) is 1.89. The number of aryl methyl sites for hydroxylation is 1. The molecule has 0 amide bonds. The minimum Gasteiger partial charge on any atom is -0.278 e. The molecule has 0 radical (unpaired) electrons. The molecule has 1 aromatic rings. The van der Waals surface area contributed by atoms with Crippen molar-refractivity contribution in [2.24, 2.45) is 5.10 Å². The van der Waals surface area contributed by atoms with Crippen molar-refractivity contribution in [2.45, 2.75) is 12.4 Å². The van der Waals surface area contributed by atoms with Gasteiger partial charge in [-0.15, -0.1) is 0 Å². The molecule has 3 heteroatoms. The van der Waals surface area contributed by atoms with Crippen molar-refractivity contribution in [3.05, 3.63) is 34.9 Å². The monoisotopic (exact) mass is 194 g/mol. The Labute approximate surface area is 82.8 Å². The SMILES string of the molecule is Cc1cccc2c1C(Cl)N(C)N=C2. The van der Waals surface area contributed by atoms with Crippen molar-refractivity contribution < 1.29 is 0 Å². The van der Waals surface area contributed by atoms with E-state index in [1.807, 2.05) is 25.4 Å². The van der Waals surface area contributed by atoms with Crippen molar-refractivity contribution in [1.82, 2.24) is 5.01 Å². The maximum atomic E-state index is 6.22. The molecule has 0 spiro atoms. The van der Waals surface area contributed by atoms with E-state index < -0.39 is 0 Å². The van der Waals surface area contributed by atoms with Gasteiger partial charge in [0.15, 0.2) is 0 Å². The zero-order valence-electron chi connectivity index (χ0n) is 7.66. The quantitative estimate of drug-likeness (QED) is 0.458. The van der Waals surface area contributed by atoms with Crippen LogP contribution >= 0.6 is 11.6 Å². The van der Waals surface area contributed by atoms with Crippen LogP contribution in [0.4, 0.5) is 0 Å². The average molecular weight is 195 g/mol. The van der Waals surface area contributed by atoms with Crippen LogP contribution in [-0.4, -0.2) is 18.3 Å². The van der Waals surface area contributed by atoms with Crippen LogP contribution in [0.5, 0.6) is 0 Å². The Morgan fingerprint density at radius 2 is 2.23 bits per heavy atom. The first-order chi connectivity index (χ1) is 6.20. The van der Waals surface area contributed by atoms with E-state index in [0.29, 0.717) is 0 Å². The molecule has 0 saturated heterocycles. The lowest BCUT2D eigenvalue weighted by molar-refractivity contribution is 0.326. The topological polar surface area (TPSA) is 15.6 Å². The molecular formula is C10H11ClN2. The van der Waals surface area contributed by atoms with Crippen LogP contribution in [-0.2, 0) is 0 Å². The zero-order chi connectivity index (χ0) is 9.42. The molecule has 1 aliphatic heterocycles. The number of hydrogen-bond acceptors (Lipinski definition) is 2. The van der Waals surface area contributed by atoms with Gasteiger partial charge >= 0.3 is 0 Å². The standard InChI is InChI=1S/C10H11ClN2/c1-7-4-3-5-8-6-12-13(2)10(11)9(7)8/h3-6,10H,1-2H3. The van der Waals surface area contributed by atoms with Gasteiger partial charge < -0.3 is 0 Å². The summed E-state index contributed by atoms with van der Waals surface area (Å²) in [6.07, 6.45) is 1.85. The molecule has 2 nitrogen and oxygen atoms in total. The maximum Gasteiger partial charge on any atom is 0.146 e. The zero-order valence-corrected chi connectivity index (χ0v) is 8.42. The summed E-state index contributed by atoms with van der Waals surface area (Å²) >= 11 is 6.22. The summed E-state index contributed by atoms with van der Waals surface area (Å²) in [4.78, 5) is 0. The number of halogens is 1. The number of alkyl halides is 1. The van der Waals surface area contributed by atoms with Gasteiger partial charge in [0.2, 0.25) is 0 Å². The molecule has 2 rings (SSSR count). The normalized spacial score (nSPS) is 20.2. The summed E-state index contributed by atoms with van der Waals surface area (Å²) in [6, 6.07) is 6.13. The van der Waals surface area contributed by atoms with E-state index in [-0.39, 0.29) is 5.50 Å². The van der Waals surface area contributed by atoms with Crippen molar-refractivity contribution in [1.29, 1.82) is 0 Å². The summed E-state index contributed by atoms with van der Waals surface area (Å²) < 4.78 is 0. The molecule has 0 fully saturated rings. The summed E-state index contributed by atoms with van der Waals surface area (Å²) in [6.45, 7) is 2.07. The average Bonchev–Trinajstić information content (AvgIpc) is 2.12. The van der Waals surface area contributed by atoms with Gasteiger partial charge in [0.1, 0.15) is 5.50 Å². The first-order valence-corrected chi connectivity index (χ1v) is 4.64. The van der Waals surface area contributed by atoms with Crippen LogP contribution in [0.25, 0.3) is 0 Å². The third-order valence-corrected chi connectivity index (χ3v) is 2.80. The smallest absolute Gasteiger partial charge is 0.146 e. The van der Waals surface area contributed by atoms with Gasteiger partial charge in [0, 0.05) is 18.2 Å². The molecule has 1 heterocycles. The lowest BCUT2D eigenvalue weighted by Gasteiger charge is -2.26. The summed E-state index contributed by atoms with van der Waals surface area (Å²) in [5.41, 5.74) is 3.37. The van der Waals surface area contributed by atoms with Crippen LogP contribution in [0.2, 0.25) is 0 Å². The highest BCUT2D eigenvalue weighted by molar-refractivity contribution is 6.21. The van der Waals surface area contributed by atoms with Gasteiger partial charge in [0.05, 0.1) is 6.21 Å². The summed E-state index contributed by atoms with van der Waals surface area (Å²) in [5, 5.41) is 5.93. The van der Waals surface area contributed by atoms with E-state index in [1.54, 1.807) is 5.01 Å². The Morgan fingerprint density at radius 3 is 3.00 bits per heavy atom. The minimum atomic E-state index is -0.138. The number of benzene rings is 1. The highest BCUT2D eigenvalue weighted by Gasteiger charge is 2.20. The number of nitrogens with zero attached hydrogens (tertiary/aromatic N) is 2. The Balaban J connectivity index is 2.60. The molecule has 0 aromatic heterocycles. The first-order valence-electron chi connectivity index (χ1n) is 4.20. The minimum absolute atomic E-state index is 0.138. The van der Waals surface area contributed by atoms with Gasteiger partial charge in [-0.2, -0.15) is 5.10 Å². The summed E-state index contributed by atoms with van der Waals surface area (Å²) in [5.74, 6) is 0. The number of fused-ring (bicyclic) bond motifs is 1. The molecule has 1 aromatic carbocycles. The number of hydrogen-bond donors (Lipinski definition) is 0. The van der Waals surface area contributed by atoms with Gasteiger partial charge in [-0.3, -0.25) is 5.01 Å². The number of rotatable bonds is 0.